The molecule has 0 spiro atoms. The van der Waals surface area contributed by atoms with Gasteiger partial charge in [-0.2, -0.15) is 0 Å². The molecule has 1 unspecified atom stereocenters. The Morgan fingerprint density at radius 2 is 0.641 bits per heavy atom. The average Bonchev–Trinajstić information content (AvgIpc) is 3.29. The minimum atomic E-state index is -0.802. The van der Waals surface area contributed by atoms with Gasteiger partial charge in [0.1, 0.15) is 13.2 Å². The maximum Gasteiger partial charge on any atom is 0.306 e. The molecule has 64 heavy (non-hydrogen) atoms. The van der Waals surface area contributed by atoms with Gasteiger partial charge in [-0.05, 0) is 116 Å². The van der Waals surface area contributed by atoms with Crippen LogP contribution in [0.2, 0.25) is 0 Å². The molecule has 0 aromatic carbocycles. The molecule has 0 saturated carbocycles. The summed E-state index contributed by atoms with van der Waals surface area (Å²) in [5.41, 5.74) is 0. The summed E-state index contributed by atoms with van der Waals surface area (Å²) in [5, 5.41) is 0. The summed E-state index contributed by atoms with van der Waals surface area (Å²) in [4.78, 5) is 38.0. The van der Waals surface area contributed by atoms with Crippen LogP contribution in [0.4, 0.5) is 0 Å². The zero-order valence-corrected chi connectivity index (χ0v) is 41.5. The van der Waals surface area contributed by atoms with Crippen molar-refractivity contribution in [2.24, 2.45) is 0 Å². The molecule has 0 aliphatic carbocycles. The van der Waals surface area contributed by atoms with Crippen LogP contribution in [0.5, 0.6) is 0 Å². The highest BCUT2D eigenvalue weighted by molar-refractivity contribution is 5.71. The third kappa shape index (κ3) is 49.3. The average molecular weight is 889 g/mol. The first-order valence-electron chi connectivity index (χ1n) is 26.2. The molecule has 0 heterocycles. The van der Waals surface area contributed by atoms with Crippen molar-refractivity contribution in [2.45, 2.75) is 239 Å². The fraction of sp³-hybridized carbons (Fsp3) is 0.672. The molecule has 6 heteroatoms. The monoisotopic (exact) mass is 889 g/mol. The SMILES string of the molecule is CC/C=C\C/C=C\C/C=C\C/C=C\CCCCCCC(=O)OCC(COC(=O)CCCCCCC/C=C\C/C=C\CCC)OC(=O)CCCCCCC/C=C\C/C=C\CCCCCC. The van der Waals surface area contributed by atoms with Crippen LogP contribution in [0.25, 0.3) is 0 Å². The molecular formula is C58H96O6. The fourth-order valence-corrected chi connectivity index (χ4v) is 6.85. The van der Waals surface area contributed by atoms with Gasteiger partial charge in [0.2, 0.25) is 0 Å². The van der Waals surface area contributed by atoms with Crippen LogP contribution in [0, 0.1) is 0 Å². The number of hydrogen-bond acceptors (Lipinski definition) is 6. The van der Waals surface area contributed by atoms with Crippen LogP contribution < -0.4 is 0 Å². The van der Waals surface area contributed by atoms with Crippen molar-refractivity contribution in [2.75, 3.05) is 13.2 Å². The van der Waals surface area contributed by atoms with Gasteiger partial charge in [-0.1, -0.05) is 195 Å². The standard InChI is InChI=1S/C58H96O6/c1-4-7-10-13-16-19-22-25-27-29-31-33-36-39-42-45-48-51-57(60)63-54-55(53-62-56(59)50-47-44-41-38-35-32-24-21-18-15-12-9-6-3)64-58(61)52-49-46-43-40-37-34-30-28-26-23-20-17-14-11-8-5-2/h7,10,12,15-16,19-21,23-25,27-28,30-31,33,55H,4-6,8-9,11,13-14,17-18,22,26,29,32,34-54H2,1-3H3/b10-7-,15-12-,19-16-,23-20-,24-21-,27-25-,30-28-,33-31-. The second-order valence-electron chi connectivity index (χ2n) is 17.0. The summed E-state index contributed by atoms with van der Waals surface area (Å²) in [6, 6.07) is 0. The van der Waals surface area contributed by atoms with E-state index in [9.17, 15) is 14.4 Å². The summed E-state index contributed by atoms with van der Waals surface area (Å²) in [6.07, 6.45) is 68.1. The quantitative estimate of drug-likeness (QED) is 0.0262. The Morgan fingerprint density at radius 1 is 0.328 bits per heavy atom. The Morgan fingerprint density at radius 3 is 1.02 bits per heavy atom. The van der Waals surface area contributed by atoms with E-state index in [0.29, 0.717) is 19.3 Å². The summed E-state index contributed by atoms with van der Waals surface area (Å²) in [5.74, 6) is -0.954. The van der Waals surface area contributed by atoms with Gasteiger partial charge in [0, 0.05) is 19.3 Å². The Bertz CT molecular complexity index is 1300. The molecule has 1 atom stereocenters. The van der Waals surface area contributed by atoms with E-state index in [2.05, 4.69) is 118 Å². The third-order valence-electron chi connectivity index (χ3n) is 10.8. The van der Waals surface area contributed by atoms with Crippen molar-refractivity contribution < 1.29 is 28.6 Å². The third-order valence-corrected chi connectivity index (χ3v) is 10.8. The summed E-state index contributed by atoms with van der Waals surface area (Å²) < 4.78 is 16.8. The van der Waals surface area contributed by atoms with E-state index in [4.69, 9.17) is 14.2 Å². The number of carbonyl (C=O) groups excluding carboxylic acids is 3. The largest absolute Gasteiger partial charge is 0.462 e. The van der Waals surface area contributed by atoms with Crippen LogP contribution in [-0.2, 0) is 28.6 Å². The van der Waals surface area contributed by atoms with Crippen LogP contribution in [0.15, 0.2) is 97.2 Å². The first-order chi connectivity index (χ1) is 31.5. The predicted molar refractivity (Wildman–Crippen MR) is 274 cm³/mol. The van der Waals surface area contributed by atoms with E-state index >= 15 is 0 Å². The van der Waals surface area contributed by atoms with Crippen molar-refractivity contribution in [1.29, 1.82) is 0 Å². The van der Waals surface area contributed by atoms with Gasteiger partial charge in [0.25, 0.3) is 0 Å². The maximum atomic E-state index is 12.8. The summed E-state index contributed by atoms with van der Waals surface area (Å²) in [6.45, 7) is 6.39. The lowest BCUT2D eigenvalue weighted by Gasteiger charge is -2.18. The number of carbonyl (C=O) groups is 3. The molecule has 0 aliphatic heterocycles. The molecule has 0 bridgehead atoms. The summed E-state index contributed by atoms with van der Waals surface area (Å²) >= 11 is 0. The predicted octanol–water partition coefficient (Wildman–Crippen LogP) is 17.4. The minimum absolute atomic E-state index is 0.0998. The Kier molecular flexibility index (Phi) is 49.0. The van der Waals surface area contributed by atoms with E-state index in [-0.39, 0.29) is 31.1 Å². The molecule has 364 valence electrons. The first kappa shape index (κ1) is 60.3. The topological polar surface area (TPSA) is 78.9 Å². The van der Waals surface area contributed by atoms with Crippen molar-refractivity contribution in [3.8, 4) is 0 Å². The molecule has 6 nitrogen and oxygen atoms in total. The molecule has 0 aliphatic rings. The number of allylic oxidation sites excluding steroid dienone is 16. The summed E-state index contributed by atoms with van der Waals surface area (Å²) in [7, 11) is 0. The second kappa shape index (κ2) is 52.0. The molecule has 0 amide bonds. The number of esters is 3. The maximum absolute atomic E-state index is 12.8. The van der Waals surface area contributed by atoms with E-state index in [1.165, 1.54) is 38.5 Å². The first-order valence-corrected chi connectivity index (χ1v) is 26.2. The molecule has 0 aromatic rings. The minimum Gasteiger partial charge on any atom is -0.462 e. The lowest BCUT2D eigenvalue weighted by molar-refractivity contribution is -0.167. The lowest BCUT2D eigenvalue weighted by atomic mass is 10.1. The van der Waals surface area contributed by atoms with Crippen molar-refractivity contribution in [3.63, 3.8) is 0 Å². The Balaban J connectivity index is 4.48. The highest BCUT2D eigenvalue weighted by Crippen LogP contribution is 2.13. The fourth-order valence-electron chi connectivity index (χ4n) is 6.85. The van der Waals surface area contributed by atoms with Gasteiger partial charge in [0.15, 0.2) is 6.10 Å². The van der Waals surface area contributed by atoms with Gasteiger partial charge < -0.3 is 14.2 Å². The van der Waals surface area contributed by atoms with E-state index in [1.807, 2.05) is 0 Å². The van der Waals surface area contributed by atoms with Crippen LogP contribution in [0.1, 0.15) is 233 Å². The van der Waals surface area contributed by atoms with E-state index < -0.39 is 6.10 Å². The number of hydrogen-bond donors (Lipinski definition) is 0. The highest BCUT2D eigenvalue weighted by atomic mass is 16.6. The van der Waals surface area contributed by atoms with Crippen LogP contribution in [0.3, 0.4) is 0 Å². The smallest absolute Gasteiger partial charge is 0.306 e. The van der Waals surface area contributed by atoms with Gasteiger partial charge in [0.05, 0.1) is 0 Å². The lowest BCUT2D eigenvalue weighted by Crippen LogP contribution is -2.30. The van der Waals surface area contributed by atoms with Crippen LogP contribution >= 0.6 is 0 Å². The second-order valence-corrected chi connectivity index (χ2v) is 17.0. The normalized spacial score (nSPS) is 12.9. The van der Waals surface area contributed by atoms with Gasteiger partial charge >= 0.3 is 17.9 Å². The number of ether oxygens (including phenoxy) is 3. The number of unbranched alkanes of at least 4 members (excludes halogenated alkanes) is 19. The van der Waals surface area contributed by atoms with Gasteiger partial charge in [-0.25, -0.2) is 0 Å². The van der Waals surface area contributed by atoms with Gasteiger partial charge in [-0.3, -0.25) is 14.4 Å². The number of rotatable bonds is 46. The van der Waals surface area contributed by atoms with Crippen LogP contribution in [-0.4, -0.2) is 37.2 Å². The molecule has 0 radical (unpaired) electrons. The van der Waals surface area contributed by atoms with Crippen molar-refractivity contribution in [3.05, 3.63) is 97.2 Å². The molecule has 0 saturated heterocycles. The van der Waals surface area contributed by atoms with Crippen molar-refractivity contribution >= 4 is 17.9 Å². The van der Waals surface area contributed by atoms with Gasteiger partial charge in [-0.15, -0.1) is 0 Å². The highest BCUT2D eigenvalue weighted by Gasteiger charge is 2.19. The van der Waals surface area contributed by atoms with E-state index in [0.717, 1.165) is 154 Å². The molecule has 0 fully saturated rings. The molecule has 0 aromatic heterocycles. The Hall–Kier alpha value is -3.67. The molecular weight excluding hydrogens is 793 g/mol. The van der Waals surface area contributed by atoms with Crippen molar-refractivity contribution in [1.82, 2.24) is 0 Å². The Labute approximate surface area is 394 Å². The zero-order valence-electron chi connectivity index (χ0n) is 41.5. The van der Waals surface area contributed by atoms with E-state index in [1.54, 1.807) is 0 Å². The zero-order chi connectivity index (χ0) is 46.5. The molecule has 0 N–H and O–H groups in total. The molecule has 0 rings (SSSR count).